The molecule has 2 aromatic carbocycles. The maximum atomic E-state index is 13.7. The molecule has 1 spiro atoms. The first-order chi connectivity index (χ1) is 17.2. The van der Waals surface area contributed by atoms with Crippen molar-refractivity contribution in [2.24, 2.45) is 5.92 Å². The van der Waals surface area contributed by atoms with Gasteiger partial charge in [-0.25, -0.2) is 0 Å². The Morgan fingerprint density at radius 1 is 1.00 bits per heavy atom. The molecule has 0 N–H and O–H groups in total. The second kappa shape index (κ2) is 9.08. The number of carbonyl (C=O) groups is 4. The number of methoxy groups -OCH3 is 1. The lowest BCUT2D eigenvalue weighted by Gasteiger charge is -2.45. The van der Waals surface area contributed by atoms with Crippen LogP contribution in [0.5, 0.6) is 11.5 Å². The molecule has 1 atom stereocenters. The lowest BCUT2D eigenvalue weighted by atomic mass is 9.82. The van der Waals surface area contributed by atoms with E-state index in [1.807, 2.05) is 13.8 Å². The number of ketones is 1. The lowest BCUT2D eigenvalue weighted by molar-refractivity contribution is -0.139. The molecule has 8 heteroatoms. The number of hydrogen-bond acceptors (Lipinski definition) is 6. The molecular formula is C28H30N2O6. The molecule has 188 valence electrons. The van der Waals surface area contributed by atoms with Crippen molar-refractivity contribution in [1.29, 1.82) is 0 Å². The van der Waals surface area contributed by atoms with Crippen LogP contribution in [-0.2, 0) is 4.79 Å². The Morgan fingerprint density at radius 2 is 1.64 bits per heavy atom. The van der Waals surface area contributed by atoms with E-state index in [0.29, 0.717) is 60.5 Å². The van der Waals surface area contributed by atoms with E-state index in [9.17, 15) is 19.2 Å². The van der Waals surface area contributed by atoms with Crippen LogP contribution in [0.3, 0.4) is 0 Å². The van der Waals surface area contributed by atoms with Crippen molar-refractivity contribution in [3.8, 4) is 11.5 Å². The van der Waals surface area contributed by atoms with Crippen LogP contribution in [0.15, 0.2) is 42.5 Å². The molecule has 5 rings (SSSR count). The Labute approximate surface area is 210 Å². The predicted molar refractivity (Wildman–Crippen MR) is 131 cm³/mol. The third-order valence-corrected chi connectivity index (χ3v) is 7.40. The minimum absolute atomic E-state index is 0.00126. The average Bonchev–Trinajstić information content (AvgIpc) is 3.12. The van der Waals surface area contributed by atoms with Crippen molar-refractivity contribution in [1.82, 2.24) is 9.80 Å². The zero-order chi connectivity index (χ0) is 25.6. The van der Waals surface area contributed by atoms with Crippen LogP contribution in [0.2, 0.25) is 0 Å². The molecule has 3 heterocycles. The highest BCUT2D eigenvalue weighted by molar-refractivity contribution is 6.22. The number of imide groups is 1. The third kappa shape index (κ3) is 4.04. The second-order valence-electron chi connectivity index (χ2n) is 10.2. The molecule has 0 bridgehead atoms. The molecule has 3 amide bonds. The fourth-order valence-corrected chi connectivity index (χ4v) is 5.48. The Bertz CT molecular complexity index is 1210. The SMILES string of the molecule is COc1ccc2c(c1)C(=O)CC1(CCN(C(=O)C(CC(C)C)N3C(=O)c4ccccc4C3=O)CC1)O2. The maximum Gasteiger partial charge on any atom is 0.262 e. The van der Waals surface area contributed by atoms with Gasteiger partial charge in [0.2, 0.25) is 5.91 Å². The second-order valence-corrected chi connectivity index (χ2v) is 10.2. The van der Waals surface area contributed by atoms with E-state index in [4.69, 9.17) is 9.47 Å². The number of rotatable bonds is 5. The molecule has 3 aliphatic rings. The van der Waals surface area contributed by atoms with E-state index in [-0.39, 0.29) is 24.0 Å². The van der Waals surface area contributed by atoms with Crippen LogP contribution in [0.25, 0.3) is 0 Å². The van der Waals surface area contributed by atoms with E-state index in [1.54, 1.807) is 54.5 Å². The van der Waals surface area contributed by atoms with Crippen LogP contribution >= 0.6 is 0 Å². The number of amides is 3. The van der Waals surface area contributed by atoms with Crippen molar-refractivity contribution >= 4 is 23.5 Å². The third-order valence-electron chi connectivity index (χ3n) is 7.40. The maximum absolute atomic E-state index is 13.7. The van der Waals surface area contributed by atoms with Crippen LogP contribution in [-0.4, -0.2) is 65.1 Å². The van der Waals surface area contributed by atoms with Gasteiger partial charge < -0.3 is 14.4 Å². The highest BCUT2D eigenvalue weighted by Gasteiger charge is 2.47. The average molecular weight is 491 g/mol. The summed E-state index contributed by atoms with van der Waals surface area (Å²) in [5.41, 5.74) is 0.525. The highest BCUT2D eigenvalue weighted by Crippen LogP contribution is 2.41. The van der Waals surface area contributed by atoms with Crippen molar-refractivity contribution < 1.29 is 28.7 Å². The summed E-state index contributed by atoms with van der Waals surface area (Å²) in [7, 11) is 1.55. The van der Waals surface area contributed by atoms with E-state index >= 15 is 0 Å². The monoisotopic (exact) mass is 490 g/mol. The van der Waals surface area contributed by atoms with Crippen LogP contribution in [0.4, 0.5) is 0 Å². The molecule has 8 nitrogen and oxygen atoms in total. The van der Waals surface area contributed by atoms with Gasteiger partial charge in [-0.3, -0.25) is 24.1 Å². The van der Waals surface area contributed by atoms with Gasteiger partial charge in [-0.2, -0.15) is 0 Å². The fourth-order valence-electron chi connectivity index (χ4n) is 5.48. The summed E-state index contributed by atoms with van der Waals surface area (Å²) in [6.07, 6.45) is 1.61. The van der Waals surface area contributed by atoms with Gasteiger partial charge in [0.15, 0.2) is 5.78 Å². The summed E-state index contributed by atoms with van der Waals surface area (Å²) in [6.45, 7) is 4.71. The van der Waals surface area contributed by atoms with Gasteiger partial charge in [0.05, 0.1) is 30.2 Å². The van der Waals surface area contributed by atoms with Gasteiger partial charge in [0.1, 0.15) is 23.1 Å². The summed E-state index contributed by atoms with van der Waals surface area (Å²) in [5.74, 6) is 0.167. The van der Waals surface area contributed by atoms with Crippen molar-refractivity contribution in [2.75, 3.05) is 20.2 Å². The smallest absolute Gasteiger partial charge is 0.262 e. The summed E-state index contributed by atoms with van der Waals surface area (Å²) in [6, 6.07) is 11.0. The number of nitrogens with zero attached hydrogens (tertiary/aromatic N) is 2. The quantitative estimate of drug-likeness (QED) is 0.593. The van der Waals surface area contributed by atoms with Gasteiger partial charge in [0, 0.05) is 25.9 Å². The van der Waals surface area contributed by atoms with Crippen molar-refractivity contribution in [3.05, 3.63) is 59.2 Å². The molecule has 0 radical (unpaired) electrons. The van der Waals surface area contributed by atoms with Crippen LogP contribution in [0, 0.1) is 5.92 Å². The van der Waals surface area contributed by atoms with Crippen LogP contribution in [0.1, 0.15) is 70.6 Å². The topological polar surface area (TPSA) is 93.2 Å². The number of fused-ring (bicyclic) bond motifs is 2. The number of hydrogen-bond donors (Lipinski definition) is 0. The number of ether oxygens (including phenoxy) is 2. The molecule has 0 saturated carbocycles. The van der Waals surface area contributed by atoms with E-state index < -0.39 is 23.5 Å². The molecule has 2 aromatic rings. The molecule has 3 aliphatic heterocycles. The molecule has 1 fully saturated rings. The molecule has 0 aromatic heterocycles. The predicted octanol–water partition coefficient (Wildman–Crippen LogP) is 3.73. The summed E-state index contributed by atoms with van der Waals surface area (Å²) >= 11 is 0. The van der Waals surface area contributed by atoms with Gasteiger partial charge in [-0.05, 0) is 42.7 Å². The number of piperidine rings is 1. The summed E-state index contributed by atoms with van der Waals surface area (Å²) in [5, 5.41) is 0. The molecular weight excluding hydrogens is 460 g/mol. The molecule has 36 heavy (non-hydrogen) atoms. The van der Waals surface area contributed by atoms with Crippen molar-refractivity contribution in [3.63, 3.8) is 0 Å². The van der Waals surface area contributed by atoms with Gasteiger partial charge in [-0.1, -0.05) is 26.0 Å². The minimum atomic E-state index is -0.867. The van der Waals surface area contributed by atoms with Crippen molar-refractivity contribution in [2.45, 2.75) is 51.2 Å². The standard InChI is InChI=1S/C28H30N2O6/c1-17(2)14-22(30-25(32)19-6-4-5-7-20(19)26(30)33)27(34)29-12-10-28(11-13-29)16-23(31)21-15-18(35-3)8-9-24(21)36-28/h4-9,15,17,22H,10-14,16H2,1-3H3. The molecule has 0 aliphatic carbocycles. The van der Waals surface area contributed by atoms with Crippen LogP contribution < -0.4 is 9.47 Å². The van der Waals surface area contributed by atoms with Gasteiger partial charge in [-0.15, -0.1) is 0 Å². The van der Waals surface area contributed by atoms with E-state index in [1.165, 1.54) is 0 Å². The van der Waals surface area contributed by atoms with E-state index in [0.717, 1.165) is 4.90 Å². The fraction of sp³-hybridized carbons (Fsp3) is 0.429. The Kier molecular flexibility index (Phi) is 6.06. The Hall–Kier alpha value is -3.68. The highest BCUT2D eigenvalue weighted by atomic mass is 16.5. The Morgan fingerprint density at radius 3 is 2.22 bits per heavy atom. The normalized spacial score (nSPS) is 19.3. The molecule has 1 unspecified atom stereocenters. The zero-order valence-corrected chi connectivity index (χ0v) is 20.8. The number of benzene rings is 2. The lowest BCUT2D eigenvalue weighted by Crippen LogP contribution is -2.57. The first-order valence-electron chi connectivity index (χ1n) is 12.4. The zero-order valence-electron chi connectivity index (χ0n) is 20.8. The van der Waals surface area contributed by atoms with Gasteiger partial charge in [0.25, 0.3) is 11.8 Å². The first kappa shape index (κ1) is 24.0. The first-order valence-corrected chi connectivity index (χ1v) is 12.4. The minimum Gasteiger partial charge on any atom is -0.497 e. The number of likely N-dealkylation sites (tertiary alicyclic amines) is 1. The number of Topliss-reactive ketones (excluding diaryl/α,β-unsaturated/α-hetero) is 1. The number of carbonyl (C=O) groups excluding carboxylic acids is 4. The summed E-state index contributed by atoms with van der Waals surface area (Å²) < 4.78 is 11.6. The van der Waals surface area contributed by atoms with E-state index in [2.05, 4.69) is 0 Å². The molecule has 1 saturated heterocycles. The summed E-state index contributed by atoms with van der Waals surface area (Å²) in [4.78, 5) is 55.8. The Balaban J connectivity index is 1.33. The van der Waals surface area contributed by atoms with Gasteiger partial charge >= 0.3 is 0 Å². The largest absolute Gasteiger partial charge is 0.497 e.